The molecule has 0 radical (unpaired) electrons. The van der Waals surface area contributed by atoms with E-state index in [9.17, 15) is 4.79 Å². The van der Waals surface area contributed by atoms with Crippen LogP contribution >= 0.6 is 0 Å². The standard InChI is InChI=1S/C15H15NO2/c1-18-14-5-2-12(3-6-14)4-7-15(17)13-8-10-16-11-9-13/h2-3,5-6,8-11H,4,7H2,1H3. The van der Waals surface area contributed by atoms with Crippen LogP contribution in [0.3, 0.4) is 0 Å². The van der Waals surface area contributed by atoms with Crippen LogP contribution in [-0.2, 0) is 6.42 Å². The smallest absolute Gasteiger partial charge is 0.163 e. The molecular formula is C15H15NO2. The fraction of sp³-hybridized carbons (Fsp3) is 0.200. The lowest BCUT2D eigenvalue weighted by molar-refractivity contribution is 0.0982. The molecule has 0 aliphatic heterocycles. The lowest BCUT2D eigenvalue weighted by Crippen LogP contribution is -2.01. The van der Waals surface area contributed by atoms with E-state index < -0.39 is 0 Å². The van der Waals surface area contributed by atoms with Gasteiger partial charge in [-0.2, -0.15) is 0 Å². The van der Waals surface area contributed by atoms with E-state index >= 15 is 0 Å². The molecule has 0 fully saturated rings. The van der Waals surface area contributed by atoms with Gasteiger partial charge in [0, 0.05) is 24.4 Å². The maximum atomic E-state index is 11.9. The number of carbonyl (C=O) groups is 1. The Balaban J connectivity index is 1.93. The van der Waals surface area contributed by atoms with Crippen LogP contribution in [0.1, 0.15) is 22.3 Å². The van der Waals surface area contributed by atoms with Crippen LogP contribution in [0, 0.1) is 0 Å². The van der Waals surface area contributed by atoms with Crippen molar-refractivity contribution in [2.75, 3.05) is 7.11 Å². The number of methoxy groups -OCH3 is 1. The zero-order valence-electron chi connectivity index (χ0n) is 10.3. The summed E-state index contributed by atoms with van der Waals surface area (Å²) in [5.74, 6) is 0.979. The summed E-state index contributed by atoms with van der Waals surface area (Å²) in [4.78, 5) is 15.8. The first-order chi connectivity index (χ1) is 8.79. The number of benzene rings is 1. The Morgan fingerprint density at radius 1 is 1.11 bits per heavy atom. The van der Waals surface area contributed by atoms with Gasteiger partial charge in [-0.25, -0.2) is 0 Å². The highest BCUT2D eigenvalue weighted by atomic mass is 16.5. The van der Waals surface area contributed by atoms with E-state index in [1.165, 1.54) is 0 Å². The minimum Gasteiger partial charge on any atom is -0.497 e. The van der Waals surface area contributed by atoms with Crippen molar-refractivity contribution < 1.29 is 9.53 Å². The summed E-state index contributed by atoms with van der Waals surface area (Å²) in [5, 5.41) is 0. The maximum Gasteiger partial charge on any atom is 0.163 e. The number of rotatable bonds is 5. The third-order valence-electron chi connectivity index (χ3n) is 2.80. The summed E-state index contributed by atoms with van der Waals surface area (Å²) in [5.41, 5.74) is 1.86. The molecule has 2 rings (SSSR count). The van der Waals surface area contributed by atoms with Crippen LogP contribution in [0.15, 0.2) is 48.8 Å². The van der Waals surface area contributed by atoms with Gasteiger partial charge in [-0.3, -0.25) is 9.78 Å². The molecule has 0 saturated heterocycles. The van der Waals surface area contributed by atoms with Crippen molar-refractivity contribution in [2.24, 2.45) is 0 Å². The summed E-state index contributed by atoms with van der Waals surface area (Å²) in [7, 11) is 1.64. The Morgan fingerprint density at radius 2 is 1.78 bits per heavy atom. The Hall–Kier alpha value is -2.16. The number of aromatic nitrogens is 1. The topological polar surface area (TPSA) is 39.2 Å². The summed E-state index contributed by atoms with van der Waals surface area (Å²) < 4.78 is 5.09. The van der Waals surface area contributed by atoms with Gasteiger partial charge < -0.3 is 4.74 Å². The number of carbonyl (C=O) groups excluding carboxylic acids is 1. The molecule has 0 spiro atoms. The Morgan fingerprint density at radius 3 is 2.39 bits per heavy atom. The minimum atomic E-state index is 0.146. The molecule has 3 nitrogen and oxygen atoms in total. The number of hydrogen-bond acceptors (Lipinski definition) is 3. The first-order valence-electron chi connectivity index (χ1n) is 5.86. The van der Waals surface area contributed by atoms with Gasteiger partial charge in [0.1, 0.15) is 5.75 Å². The quantitative estimate of drug-likeness (QED) is 0.755. The molecular weight excluding hydrogens is 226 g/mol. The van der Waals surface area contributed by atoms with Gasteiger partial charge in [-0.05, 0) is 36.2 Å². The predicted octanol–water partition coefficient (Wildman–Crippen LogP) is 2.91. The molecule has 0 saturated carbocycles. The van der Waals surface area contributed by atoms with Crippen LogP contribution in [-0.4, -0.2) is 17.9 Å². The SMILES string of the molecule is COc1ccc(CCC(=O)c2ccncc2)cc1. The van der Waals surface area contributed by atoms with Crippen molar-refractivity contribution in [2.45, 2.75) is 12.8 Å². The normalized spacial score (nSPS) is 10.1. The molecule has 0 unspecified atom stereocenters. The fourth-order valence-corrected chi connectivity index (χ4v) is 1.73. The lowest BCUT2D eigenvalue weighted by Gasteiger charge is -2.03. The largest absolute Gasteiger partial charge is 0.497 e. The van der Waals surface area contributed by atoms with Gasteiger partial charge >= 0.3 is 0 Å². The van der Waals surface area contributed by atoms with Crippen molar-refractivity contribution in [1.29, 1.82) is 0 Å². The number of hydrogen-bond donors (Lipinski definition) is 0. The second-order valence-electron chi connectivity index (χ2n) is 4.01. The summed E-state index contributed by atoms with van der Waals surface area (Å²) >= 11 is 0. The molecule has 18 heavy (non-hydrogen) atoms. The van der Waals surface area contributed by atoms with E-state index in [-0.39, 0.29) is 5.78 Å². The zero-order chi connectivity index (χ0) is 12.8. The fourth-order valence-electron chi connectivity index (χ4n) is 1.73. The number of ketones is 1. The first-order valence-corrected chi connectivity index (χ1v) is 5.86. The van der Waals surface area contributed by atoms with E-state index in [1.54, 1.807) is 31.6 Å². The van der Waals surface area contributed by atoms with E-state index in [0.29, 0.717) is 6.42 Å². The van der Waals surface area contributed by atoms with Crippen LogP contribution in [0.2, 0.25) is 0 Å². The van der Waals surface area contributed by atoms with E-state index in [2.05, 4.69) is 4.98 Å². The molecule has 2 aromatic rings. The van der Waals surface area contributed by atoms with Gasteiger partial charge in [0.15, 0.2) is 5.78 Å². The Labute approximate surface area is 106 Å². The van der Waals surface area contributed by atoms with Crippen LogP contribution in [0.4, 0.5) is 0 Å². The lowest BCUT2D eigenvalue weighted by atomic mass is 10.0. The number of nitrogens with zero attached hydrogens (tertiary/aromatic N) is 1. The first kappa shape index (κ1) is 12.3. The van der Waals surface area contributed by atoms with E-state index in [0.717, 1.165) is 23.3 Å². The average Bonchev–Trinajstić information content (AvgIpc) is 2.46. The third-order valence-corrected chi connectivity index (χ3v) is 2.80. The van der Waals surface area contributed by atoms with Crippen LogP contribution in [0.25, 0.3) is 0 Å². The molecule has 0 atom stereocenters. The zero-order valence-corrected chi connectivity index (χ0v) is 10.3. The van der Waals surface area contributed by atoms with Gasteiger partial charge in [0.2, 0.25) is 0 Å². The number of pyridine rings is 1. The molecule has 0 N–H and O–H groups in total. The molecule has 0 aliphatic carbocycles. The maximum absolute atomic E-state index is 11.9. The van der Waals surface area contributed by atoms with Crippen molar-refractivity contribution in [3.05, 3.63) is 59.9 Å². The monoisotopic (exact) mass is 241 g/mol. The molecule has 3 heteroatoms. The van der Waals surface area contributed by atoms with Gasteiger partial charge in [0.05, 0.1) is 7.11 Å². The molecule has 92 valence electrons. The highest BCUT2D eigenvalue weighted by molar-refractivity contribution is 5.95. The second-order valence-corrected chi connectivity index (χ2v) is 4.01. The average molecular weight is 241 g/mol. The van der Waals surface area contributed by atoms with Crippen LogP contribution < -0.4 is 4.74 Å². The molecule has 0 bridgehead atoms. The van der Waals surface area contributed by atoms with Gasteiger partial charge in [-0.1, -0.05) is 12.1 Å². The number of Topliss-reactive ketones (excluding diaryl/α,β-unsaturated/α-hetero) is 1. The molecule has 0 aliphatic rings. The van der Waals surface area contributed by atoms with Crippen molar-refractivity contribution in [1.82, 2.24) is 4.98 Å². The second kappa shape index (κ2) is 5.96. The highest BCUT2D eigenvalue weighted by Gasteiger charge is 2.05. The van der Waals surface area contributed by atoms with E-state index in [4.69, 9.17) is 4.74 Å². The van der Waals surface area contributed by atoms with Crippen molar-refractivity contribution in [3.63, 3.8) is 0 Å². The molecule has 1 aromatic carbocycles. The Kier molecular flexibility index (Phi) is 4.07. The predicted molar refractivity (Wildman–Crippen MR) is 69.9 cm³/mol. The van der Waals surface area contributed by atoms with Crippen molar-refractivity contribution >= 4 is 5.78 Å². The third kappa shape index (κ3) is 3.17. The summed E-state index contributed by atoms with van der Waals surface area (Å²) in [6, 6.07) is 11.3. The van der Waals surface area contributed by atoms with Crippen molar-refractivity contribution in [3.8, 4) is 5.75 Å². The number of aryl methyl sites for hydroxylation is 1. The molecule has 0 amide bonds. The summed E-state index contributed by atoms with van der Waals surface area (Å²) in [6.45, 7) is 0. The van der Waals surface area contributed by atoms with Gasteiger partial charge in [-0.15, -0.1) is 0 Å². The minimum absolute atomic E-state index is 0.146. The Bertz CT molecular complexity index is 506. The van der Waals surface area contributed by atoms with Crippen LogP contribution in [0.5, 0.6) is 5.75 Å². The highest BCUT2D eigenvalue weighted by Crippen LogP contribution is 2.13. The van der Waals surface area contributed by atoms with E-state index in [1.807, 2.05) is 24.3 Å². The van der Waals surface area contributed by atoms with Gasteiger partial charge in [0.25, 0.3) is 0 Å². The molecule has 1 heterocycles. The number of ether oxygens (including phenoxy) is 1. The summed E-state index contributed by atoms with van der Waals surface area (Å²) in [6.07, 6.45) is 4.53. The molecule has 1 aromatic heterocycles.